The summed E-state index contributed by atoms with van der Waals surface area (Å²) in [4.78, 5) is 2.23. The average Bonchev–Trinajstić information content (AvgIpc) is 2.99. The van der Waals surface area contributed by atoms with Crippen LogP contribution in [0.15, 0.2) is 33.3 Å². The van der Waals surface area contributed by atoms with Crippen LogP contribution >= 0.6 is 0 Å². The lowest BCUT2D eigenvalue weighted by molar-refractivity contribution is 0.173. The molecule has 0 saturated carbocycles. The Kier molecular flexibility index (Phi) is 4.68. The van der Waals surface area contributed by atoms with Crippen LogP contribution in [-0.4, -0.2) is 18.0 Å². The van der Waals surface area contributed by atoms with Crippen LogP contribution < -0.4 is 5.73 Å². The zero-order chi connectivity index (χ0) is 14.7. The summed E-state index contributed by atoms with van der Waals surface area (Å²) in [5.74, 6) is 2.80. The first kappa shape index (κ1) is 14.9. The smallest absolute Gasteiger partial charge is 0.122 e. The first-order chi connectivity index (χ1) is 9.52. The topological polar surface area (TPSA) is 55.5 Å². The van der Waals surface area contributed by atoms with Gasteiger partial charge in [0.1, 0.15) is 17.3 Å². The van der Waals surface area contributed by atoms with E-state index in [1.54, 1.807) is 6.26 Å². The van der Waals surface area contributed by atoms with Gasteiger partial charge in [-0.3, -0.25) is 4.90 Å². The second-order valence-corrected chi connectivity index (χ2v) is 5.38. The Morgan fingerprint density at radius 2 is 2.00 bits per heavy atom. The molecule has 2 aromatic heterocycles. The third kappa shape index (κ3) is 3.14. The number of nitrogens with zero attached hydrogens (tertiary/aromatic N) is 1. The number of likely N-dealkylation sites (N-methyl/N-ethyl adjacent to an activating group) is 1. The standard InChI is InChI=1S/C16H24N2O2/c1-5-14(17)16(15-7-6-11(2)20-15)18(4)10-13-8-9-19-12(13)3/h6-9,14,16H,5,10,17H2,1-4H3. The van der Waals surface area contributed by atoms with Gasteiger partial charge in [-0.05, 0) is 45.5 Å². The number of rotatable bonds is 6. The monoisotopic (exact) mass is 276 g/mol. The van der Waals surface area contributed by atoms with Crippen molar-refractivity contribution in [2.45, 2.75) is 45.8 Å². The molecular formula is C16H24N2O2. The molecule has 20 heavy (non-hydrogen) atoms. The Morgan fingerprint density at radius 1 is 1.25 bits per heavy atom. The van der Waals surface area contributed by atoms with Crippen LogP contribution in [0.25, 0.3) is 0 Å². The van der Waals surface area contributed by atoms with Crippen LogP contribution in [0.2, 0.25) is 0 Å². The Hall–Kier alpha value is -1.52. The van der Waals surface area contributed by atoms with Crippen molar-refractivity contribution in [3.05, 3.63) is 47.3 Å². The molecule has 0 aromatic carbocycles. The van der Waals surface area contributed by atoms with Gasteiger partial charge in [-0.1, -0.05) is 6.92 Å². The van der Waals surface area contributed by atoms with E-state index < -0.39 is 0 Å². The predicted molar refractivity (Wildman–Crippen MR) is 79.4 cm³/mol. The van der Waals surface area contributed by atoms with E-state index in [2.05, 4.69) is 18.9 Å². The second kappa shape index (κ2) is 6.29. The van der Waals surface area contributed by atoms with Crippen LogP contribution in [0, 0.1) is 13.8 Å². The zero-order valence-electron chi connectivity index (χ0n) is 12.7. The van der Waals surface area contributed by atoms with Crippen LogP contribution in [-0.2, 0) is 6.54 Å². The zero-order valence-corrected chi connectivity index (χ0v) is 12.7. The van der Waals surface area contributed by atoms with Gasteiger partial charge < -0.3 is 14.6 Å². The summed E-state index contributed by atoms with van der Waals surface area (Å²) in [6.45, 7) is 6.83. The van der Waals surface area contributed by atoms with Crippen molar-refractivity contribution in [1.29, 1.82) is 0 Å². The van der Waals surface area contributed by atoms with E-state index in [9.17, 15) is 0 Å². The van der Waals surface area contributed by atoms with E-state index in [0.717, 1.165) is 30.2 Å². The SMILES string of the molecule is CCC(N)C(c1ccc(C)o1)N(C)Cc1ccoc1C. The van der Waals surface area contributed by atoms with Crippen LogP contribution in [0.4, 0.5) is 0 Å². The highest BCUT2D eigenvalue weighted by Gasteiger charge is 2.26. The maximum absolute atomic E-state index is 6.30. The molecule has 2 unspecified atom stereocenters. The molecule has 110 valence electrons. The van der Waals surface area contributed by atoms with Crippen LogP contribution in [0.1, 0.15) is 42.2 Å². The van der Waals surface area contributed by atoms with E-state index in [-0.39, 0.29) is 12.1 Å². The molecule has 0 aliphatic heterocycles. The molecule has 2 N–H and O–H groups in total. The Morgan fingerprint density at radius 3 is 2.50 bits per heavy atom. The van der Waals surface area contributed by atoms with Gasteiger partial charge in [0.15, 0.2) is 0 Å². The lowest BCUT2D eigenvalue weighted by Crippen LogP contribution is -2.38. The Balaban J connectivity index is 2.20. The summed E-state index contributed by atoms with van der Waals surface area (Å²) < 4.78 is 11.2. The van der Waals surface area contributed by atoms with E-state index in [4.69, 9.17) is 14.6 Å². The second-order valence-electron chi connectivity index (χ2n) is 5.38. The Labute approximate surface area is 120 Å². The molecule has 2 aromatic rings. The molecule has 2 atom stereocenters. The van der Waals surface area contributed by atoms with Crippen molar-refractivity contribution in [2.75, 3.05) is 7.05 Å². The highest BCUT2D eigenvalue weighted by Crippen LogP contribution is 2.27. The molecule has 0 radical (unpaired) electrons. The first-order valence-corrected chi connectivity index (χ1v) is 7.08. The third-order valence-corrected chi connectivity index (χ3v) is 3.79. The van der Waals surface area contributed by atoms with Crippen LogP contribution in [0.5, 0.6) is 0 Å². The van der Waals surface area contributed by atoms with E-state index in [1.807, 2.05) is 32.0 Å². The van der Waals surface area contributed by atoms with Crippen molar-refractivity contribution in [3.8, 4) is 0 Å². The summed E-state index contributed by atoms with van der Waals surface area (Å²) in [5.41, 5.74) is 7.49. The summed E-state index contributed by atoms with van der Waals surface area (Å²) in [6, 6.07) is 6.13. The molecule has 0 aliphatic rings. The molecule has 0 bridgehead atoms. The van der Waals surface area contributed by atoms with Crippen molar-refractivity contribution < 1.29 is 8.83 Å². The molecular weight excluding hydrogens is 252 g/mol. The maximum Gasteiger partial charge on any atom is 0.122 e. The fraction of sp³-hybridized carbons (Fsp3) is 0.500. The number of hydrogen-bond donors (Lipinski definition) is 1. The van der Waals surface area contributed by atoms with Crippen molar-refractivity contribution >= 4 is 0 Å². The van der Waals surface area contributed by atoms with Crippen molar-refractivity contribution in [3.63, 3.8) is 0 Å². The van der Waals surface area contributed by atoms with Crippen molar-refractivity contribution in [1.82, 2.24) is 4.90 Å². The average molecular weight is 276 g/mol. The molecule has 0 aliphatic carbocycles. The minimum absolute atomic E-state index is 0.0396. The van der Waals surface area contributed by atoms with E-state index >= 15 is 0 Å². The van der Waals surface area contributed by atoms with Gasteiger partial charge >= 0.3 is 0 Å². The molecule has 0 spiro atoms. The normalized spacial score (nSPS) is 14.7. The quantitative estimate of drug-likeness (QED) is 0.878. The van der Waals surface area contributed by atoms with Crippen LogP contribution in [0.3, 0.4) is 0 Å². The van der Waals surface area contributed by atoms with E-state index in [0.29, 0.717) is 0 Å². The number of aryl methyl sites for hydroxylation is 2. The molecule has 0 amide bonds. The number of furan rings is 2. The van der Waals surface area contributed by atoms with Gasteiger partial charge in [-0.2, -0.15) is 0 Å². The molecule has 2 rings (SSSR count). The minimum atomic E-state index is 0.0396. The molecule has 4 heteroatoms. The van der Waals surface area contributed by atoms with Crippen molar-refractivity contribution in [2.24, 2.45) is 5.73 Å². The highest BCUT2D eigenvalue weighted by molar-refractivity contribution is 5.17. The lowest BCUT2D eigenvalue weighted by atomic mass is 10.0. The van der Waals surface area contributed by atoms with Gasteiger partial charge in [-0.25, -0.2) is 0 Å². The van der Waals surface area contributed by atoms with Gasteiger partial charge in [0.25, 0.3) is 0 Å². The van der Waals surface area contributed by atoms with E-state index in [1.165, 1.54) is 5.56 Å². The maximum atomic E-state index is 6.30. The molecule has 0 fully saturated rings. The Bertz CT molecular complexity index is 544. The summed E-state index contributed by atoms with van der Waals surface area (Å²) in [5, 5.41) is 0. The number of nitrogens with two attached hydrogens (primary N) is 1. The fourth-order valence-corrected chi connectivity index (χ4v) is 2.53. The van der Waals surface area contributed by atoms with Gasteiger partial charge in [0, 0.05) is 18.2 Å². The third-order valence-electron chi connectivity index (χ3n) is 3.79. The summed E-state index contributed by atoms with van der Waals surface area (Å²) >= 11 is 0. The summed E-state index contributed by atoms with van der Waals surface area (Å²) in [7, 11) is 2.07. The number of hydrogen-bond acceptors (Lipinski definition) is 4. The van der Waals surface area contributed by atoms with Gasteiger partial charge in [0.2, 0.25) is 0 Å². The van der Waals surface area contributed by atoms with Gasteiger partial charge in [0.05, 0.1) is 12.3 Å². The minimum Gasteiger partial charge on any atom is -0.469 e. The predicted octanol–water partition coefficient (Wildman–Crippen LogP) is 3.40. The molecule has 0 saturated heterocycles. The lowest BCUT2D eigenvalue weighted by Gasteiger charge is -2.30. The first-order valence-electron chi connectivity index (χ1n) is 7.08. The fourth-order valence-electron chi connectivity index (χ4n) is 2.53. The molecule has 4 nitrogen and oxygen atoms in total. The largest absolute Gasteiger partial charge is 0.469 e. The van der Waals surface area contributed by atoms with Gasteiger partial charge in [-0.15, -0.1) is 0 Å². The molecule has 2 heterocycles. The highest BCUT2D eigenvalue weighted by atomic mass is 16.3. The summed E-state index contributed by atoms with van der Waals surface area (Å²) in [6.07, 6.45) is 2.63.